The van der Waals surface area contributed by atoms with Gasteiger partial charge in [-0.05, 0) is 56.7 Å². The number of nitrogens with one attached hydrogen (secondary N) is 2. The number of aryl methyl sites for hydroxylation is 1. The van der Waals surface area contributed by atoms with E-state index in [9.17, 15) is 18.0 Å². The van der Waals surface area contributed by atoms with E-state index in [2.05, 4.69) is 10.6 Å². The molecule has 3 rings (SSSR count). The van der Waals surface area contributed by atoms with Crippen molar-refractivity contribution in [3.8, 4) is 5.75 Å². The number of carbonyl (C=O) groups excluding carboxylic acids is 2. The Morgan fingerprint density at radius 2 is 1.69 bits per heavy atom. The predicted molar refractivity (Wildman–Crippen MR) is 141 cm³/mol. The van der Waals surface area contributed by atoms with E-state index in [-0.39, 0.29) is 22.5 Å². The summed E-state index contributed by atoms with van der Waals surface area (Å²) in [6.45, 7) is 5.20. The lowest BCUT2D eigenvalue weighted by atomic mass is 10.1. The molecular weight excluding hydrogens is 478 g/mol. The monoisotopic (exact) mass is 509 g/mol. The number of carbonyl (C=O) groups is 2. The zero-order valence-corrected chi connectivity index (χ0v) is 21.6. The lowest BCUT2D eigenvalue weighted by Crippen LogP contribution is -2.38. The van der Waals surface area contributed by atoms with E-state index in [1.807, 2.05) is 20.8 Å². The molecule has 0 aliphatic heterocycles. The Hall–Kier alpha value is -3.85. The lowest BCUT2D eigenvalue weighted by Gasteiger charge is -2.25. The highest BCUT2D eigenvalue weighted by Gasteiger charge is 2.28. The smallest absolute Gasteiger partial charge is 0.264 e. The number of benzene rings is 3. The molecule has 9 heteroatoms. The standard InChI is InChI=1S/C27H31N3O5S/c1-5-20(3)28-27(32)24-11-6-7-12-25(24)29-26(31)18-30(21-9-8-10-22(17-21)35-4)36(33,34)23-15-13-19(2)14-16-23/h6-17,20H,5,18H2,1-4H3,(H,28,32)(H,29,31). The van der Waals surface area contributed by atoms with Crippen LogP contribution in [0, 0.1) is 6.92 Å². The first-order valence-corrected chi connectivity index (χ1v) is 13.0. The van der Waals surface area contributed by atoms with Crippen LogP contribution < -0.4 is 19.7 Å². The zero-order valence-electron chi connectivity index (χ0n) is 20.8. The van der Waals surface area contributed by atoms with Gasteiger partial charge in [0.05, 0.1) is 28.9 Å². The number of amides is 2. The third-order valence-corrected chi connectivity index (χ3v) is 7.46. The molecule has 0 radical (unpaired) electrons. The third kappa shape index (κ3) is 6.42. The van der Waals surface area contributed by atoms with Crippen molar-refractivity contribution >= 4 is 33.2 Å². The summed E-state index contributed by atoms with van der Waals surface area (Å²) >= 11 is 0. The summed E-state index contributed by atoms with van der Waals surface area (Å²) in [5.74, 6) is -0.474. The molecule has 0 saturated carbocycles. The number of methoxy groups -OCH3 is 1. The summed E-state index contributed by atoms with van der Waals surface area (Å²) in [7, 11) is -2.61. The van der Waals surface area contributed by atoms with Crippen molar-refractivity contribution in [2.24, 2.45) is 0 Å². The van der Waals surface area contributed by atoms with Gasteiger partial charge in [-0.3, -0.25) is 13.9 Å². The summed E-state index contributed by atoms with van der Waals surface area (Å²) in [4.78, 5) is 25.9. The van der Waals surface area contributed by atoms with Crippen LogP contribution in [0.2, 0.25) is 0 Å². The van der Waals surface area contributed by atoms with Crippen LogP contribution >= 0.6 is 0 Å². The van der Waals surface area contributed by atoms with Gasteiger partial charge in [0.1, 0.15) is 12.3 Å². The van der Waals surface area contributed by atoms with Crippen molar-refractivity contribution < 1.29 is 22.7 Å². The number of nitrogens with zero attached hydrogens (tertiary/aromatic N) is 1. The molecule has 0 heterocycles. The number of ether oxygens (including phenoxy) is 1. The van der Waals surface area contributed by atoms with Gasteiger partial charge in [-0.15, -0.1) is 0 Å². The van der Waals surface area contributed by atoms with E-state index < -0.39 is 22.5 Å². The van der Waals surface area contributed by atoms with Gasteiger partial charge in [-0.1, -0.05) is 42.8 Å². The Morgan fingerprint density at radius 1 is 1.00 bits per heavy atom. The van der Waals surface area contributed by atoms with Gasteiger partial charge >= 0.3 is 0 Å². The Labute approximate surface area is 212 Å². The van der Waals surface area contributed by atoms with E-state index in [1.54, 1.807) is 60.7 Å². The van der Waals surface area contributed by atoms with Gasteiger partial charge in [0.15, 0.2) is 0 Å². The fourth-order valence-corrected chi connectivity index (χ4v) is 4.84. The second kappa shape index (κ2) is 11.7. The average molecular weight is 510 g/mol. The maximum Gasteiger partial charge on any atom is 0.264 e. The van der Waals surface area contributed by atoms with Crippen LogP contribution in [0.3, 0.4) is 0 Å². The third-order valence-electron chi connectivity index (χ3n) is 5.67. The van der Waals surface area contributed by atoms with Gasteiger partial charge in [-0.25, -0.2) is 8.42 Å². The molecule has 2 amide bonds. The fraction of sp³-hybridized carbons (Fsp3) is 0.259. The van der Waals surface area contributed by atoms with Crippen LogP contribution in [0.4, 0.5) is 11.4 Å². The number of sulfonamides is 1. The van der Waals surface area contributed by atoms with E-state index in [1.165, 1.54) is 19.2 Å². The summed E-state index contributed by atoms with van der Waals surface area (Å²) < 4.78 is 33.5. The van der Waals surface area contributed by atoms with E-state index in [0.717, 1.165) is 16.3 Å². The predicted octanol–water partition coefficient (Wildman–Crippen LogP) is 4.37. The maximum atomic E-state index is 13.6. The van der Waals surface area contributed by atoms with Gasteiger partial charge in [-0.2, -0.15) is 0 Å². The van der Waals surface area contributed by atoms with Crippen LogP contribution in [0.1, 0.15) is 36.2 Å². The molecule has 0 saturated heterocycles. The van der Waals surface area contributed by atoms with Crippen molar-refractivity contribution in [3.05, 3.63) is 83.9 Å². The van der Waals surface area contributed by atoms with Gasteiger partial charge in [0.25, 0.3) is 15.9 Å². The molecule has 1 unspecified atom stereocenters. The Morgan fingerprint density at radius 3 is 2.36 bits per heavy atom. The number of hydrogen-bond donors (Lipinski definition) is 2. The average Bonchev–Trinajstić information content (AvgIpc) is 2.87. The van der Waals surface area contributed by atoms with Gasteiger partial charge in [0.2, 0.25) is 5.91 Å². The Kier molecular flexibility index (Phi) is 8.71. The normalized spacial score (nSPS) is 11.9. The van der Waals surface area contributed by atoms with Crippen LogP contribution in [-0.4, -0.2) is 39.9 Å². The SMILES string of the molecule is CCC(C)NC(=O)c1ccccc1NC(=O)CN(c1cccc(OC)c1)S(=O)(=O)c1ccc(C)cc1. The number of rotatable bonds is 10. The minimum absolute atomic E-state index is 0.0375. The minimum atomic E-state index is -4.09. The van der Waals surface area contributed by atoms with Crippen molar-refractivity contribution in [1.82, 2.24) is 5.32 Å². The van der Waals surface area contributed by atoms with Gasteiger partial charge in [0, 0.05) is 12.1 Å². The van der Waals surface area contributed by atoms with E-state index >= 15 is 0 Å². The molecular formula is C27H31N3O5S. The Bertz CT molecular complexity index is 1320. The second-order valence-corrected chi connectivity index (χ2v) is 10.3. The first-order valence-electron chi connectivity index (χ1n) is 11.6. The van der Waals surface area contributed by atoms with Crippen molar-refractivity contribution in [2.75, 3.05) is 23.3 Å². The molecule has 36 heavy (non-hydrogen) atoms. The molecule has 1 atom stereocenters. The van der Waals surface area contributed by atoms with E-state index in [0.29, 0.717) is 17.0 Å². The Balaban J connectivity index is 1.93. The number of anilines is 2. The van der Waals surface area contributed by atoms with Crippen molar-refractivity contribution in [3.63, 3.8) is 0 Å². The summed E-state index contributed by atoms with van der Waals surface area (Å²) in [6.07, 6.45) is 0.757. The molecule has 0 bridgehead atoms. The molecule has 0 aromatic heterocycles. The van der Waals surface area contributed by atoms with Gasteiger partial charge < -0.3 is 15.4 Å². The molecule has 0 spiro atoms. The topological polar surface area (TPSA) is 105 Å². The van der Waals surface area contributed by atoms with Crippen molar-refractivity contribution in [2.45, 2.75) is 38.1 Å². The first-order chi connectivity index (χ1) is 17.1. The molecule has 0 aliphatic rings. The molecule has 0 fully saturated rings. The van der Waals surface area contributed by atoms with E-state index in [4.69, 9.17) is 4.74 Å². The lowest BCUT2D eigenvalue weighted by molar-refractivity contribution is -0.114. The highest BCUT2D eigenvalue weighted by atomic mass is 32.2. The van der Waals surface area contributed by atoms with Crippen molar-refractivity contribution in [1.29, 1.82) is 0 Å². The fourth-order valence-electron chi connectivity index (χ4n) is 3.43. The second-order valence-electron chi connectivity index (χ2n) is 8.40. The molecule has 0 aliphatic carbocycles. The molecule has 3 aromatic carbocycles. The quantitative estimate of drug-likeness (QED) is 0.422. The summed E-state index contributed by atoms with van der Waals surface area (Å²) in [5, 5.41) is 5.59. The van der Waals surface area contributed by atoms with Crippen LogP contribution in [-0.2, 0) is 14.8 Å². The number of para-hydroxylation sites is 1. The summed E-state index contributed by atoms with van der Waals surface area (Å²) in [6, 6.07) is 19.4. The first kappa shape index (κ1) is 26.7. The highest BCUT2D eigenvalue weighted by Crippen LogP contribution is 2.27. The molecule has 190 valence electrons. The molecule has 2 N–H and O–H groups in total. The van der Waals surface area contributed by atoms with Crippen LogP contribution in [0.25, 0.3) is 0 Å². The van der Waals surface area contributed by atoms with Crippen LogP contribution in [0.15, 0.2) is 77.7 Å². The maximum absolute atomic E-state index is 13.6. The number of hydrogen-bond acceptors (Lipinski definition) is 5. The van der Waals surface area contributed by atoms with Crippen LogP contribution in [0.5, 0.6) is 5.75 Å². The molecule has 3 aromatic rings. The zero-order chi connectivity index (χ0) is 26.3. The summed E-state index contributed by atoms with van der Waals surface area (Å²) in [5.41, 5.74) is 1.77. The minimum Gasteiger partial charge on any atom is -0.497 e. The largest absolute Gasteiger partial charge is 0.497 e. The highest BCUT2D eigenvalue weighted by molar-refractivity contribution is 7.92. The molecule has 8 nitrogen and oxygen atoms in total.